The van der Waals surface area contributed by atoms with Gasteiger partial charge in [-0.3, -0.25) is 4.79 Å². The molecule has 2 atom stereocenters. The predicted molar refractivity (Wildman–Crippen MR) is 62.7 cm³/mol. The zero-order valence-corrected chi connectivity index (χ0v) is 10.1. The third-order valence-electron chi connectivity index (χ3n) is 3.41. The van der Waals surface area contributed by atoms with Crippen LogP contribution < -0.4 is 0 Å². The zero-order valence-electron chi connectivity index (χ0n) is 10.1. The van der Waals surface area contributed by atoms with Crippen molar-refractivity contribution in [1.29, 1.82) is 0 Å². The number of piperidine rings is 1. The smallest absolute Gasteiger partial charge is 0.245 e. The molecule has 0 aromatic carbocycles. The molecular formula is C12H22N2O. The molecule has 15 heavy (non-hydrogen) atoms. The number of carbonyl (C=O) groups is 1. The minimum absolute atomic E-state index is 0.0387. The van der Waals surface area contributed by atoms with E-state index in [0.29, 0.717) is 12.0 Å². The van der Waals surface area contributed by atoms with Crippen molar-refractivity contribution in [2.24, 2.45) is 5.92 Å². The van der Waals surface area contributed by atoms with Gasteiger partial charge in [0.05, 0.1) is 0 Å². The maximum Gasteiger partial charge on any atom is 0.245 e. The van der Waals surface area contributed by atoms with Gasteiger partial charge in [0.1, 0.15) is 0 Å². The summed E-state index contributed by atoms with van der Waals surface area (Å²) in [5.41, 5.74) is 0. The highest BCUT2D eigenvalue weighted by molar-refractivity contribution is 5.87. The van der Waals surface area contributed by atoms with E-state index in [9.17, 15) is 4.79 Å². The number of hydrogen-bond acceptors (Lipinski definition) is 2. The molecule has 1 saturated heterocycles. The van der Waals surface area contributed by atoms with Gasteiger partial charge in [-0.1, -0.05) is 20.4 Å². The molecule has 0 radical (unpaired) electrons. The van der Waals surface area contributed by atoms with E-state index in [-0.39, 0.29) is 5.91 Å². The van der Waals surface area contributed by atoms with Crippen molar-refractivity contribution < 1.29 is 4.79 Å². The Labute approximate surface area is 92.7 Å². The molecule has 1 amide bonds. The molecule has 0 aromatic rings. The van der Waals surface area contributed by atoms with E-state index >= 15 is 0 Å². The predicted octanol–water partition coefficient (Wildman–Crippen LogP) is 1.36. The summed E-state index contributed by atoms with van der Waals surface area (Å²) in [4.78, 5) is 15.8. The standard InChI is InChI=1S/C12H22N2O/c1-5-12(15)13(4)11-7-8-14(6-2)9-10(11)3/h5,10-11H,1,6-9H2,2-4H3. The molecule has 1 aliphatic heterocycles. The highest BCUT2D eigenvalue weighted by Gasteiger charge is 2.29. The molecule has 86 valence electrons. The maximum absolute atomic E-state index is 11.5. The molecule has 1 heterocycles. The number of rotatable bonds is 3. The first-order valence-corrected chi connectivity index (χ1v) is 5.71. The van der Waals surface area contributed by atoms with Gasteiger partial charge in [0.2, 0.25) is 5.91 Å². The normalized spacial score (nSPS) is 27.4. The Balaban J connectivity index is 2.57. The highest BCUT2D eigenvalue weighted by atomic mass is 16.2. The third kappa shape index (κ3) is 2.81. The summed E-state index contributed by atoms with van der Waals surface area (Å²) in [6.45, 7) is 11.2. The number of likely N-dealkylation sites (N-methyl/N-ethyl adjacent to an activating group) is 1. The van der Waals surface area contributed by atoms with Crippen LogP contribution in [0.15, 0.2) is 12.7 Å². The fourth-order valence-electron chi connectivity index (χ4n) is 2.39. The molecule has 0 saturated carbocycles. The quantitative estimate of drug-likeness (QED) is 0.657. The summed E-state index contributed by atoms with van der Waals surface area (Å²) >= 11 is 0. The lowest BCUT2D eigenvalue weighted by atomic mass is 9.92. The van der Waals surface area contributed by atoms with Gasteiger partial charge in [-0.2, -0.15) is 0 Å². The number of likely N-dealkylation sites (tertiary alicyclic amines) is 1. The van der Waals surface area contributed by atoms with E-state index in [4.69, 9.17) is 0 Å². The summed E-state index contributed by atoms with van der Waals surface area (Å²) in [6, 6.07) is 0.373. The van der Waals surface area contributed by atoms with Gasteiger partial charge in [0, 0.05) is 26.2 Å². The van der Waals surface area contributed by atoms with E-state index in [1.807, 2.05) is 11.9 Å². The monoisotopic (exact) mass is 210 g/mol. The van der Waals surface area contributed by atoms with Crippen LogP contribution in [0, 0.1) is 5.92 Å². The second kappa shape index (κ2) is 5.31. The van der Waals surface area contributed by atoms with E-state index in [0.717, 1.165) is 26.1 Å². The van der Waals surface area contributed by atoms with Crippen LogP contribution >= 0.6 is 0 Å². The fraction of sp³-hybridized carbons (Fsp3) is 0.750. The fourth-order valence-corrected chi connectivity index (χ4v) is 2.39. The summed E-state index contributed by atoms with van der Waals surface area (Å²) < 4.78 is 0. The van der Waals surface area contributed by atoms with Crippen LogP contribution in [-0.4, -0.2) is 48.4 Å². The molecule has 0 N–H and O–H groups in total. The zero-order chi connectivity index (χ0) is 11.4. The molecule has 0 aliphatic carbocycles. The van der Waals surface area contributed by atoms with Crippen LogP contribution in [0.4, 0.5) is 0 Å². The van der Waals surface area contributed by atoms with Crippen molar-refractivity contribution in [3.8, 4) is 0 Å². The van der Waals surface area contributed by atoms with Crippen molar-refractivity contribution in [3.63, 3.8) is 0 Å². The minimum Gasteiger partial charge on any atom is -0.339 e. The number of hydrogen-bond donors (Lipinski definition) is 0. The lowest BCUT2D eigenvalue weighted by Crippen LogP contribution is -2.50. The summed E-state index contributed by atoms with van der Waals surface area (Å²) in [7, 11) is 1.88. The SMILES string of the molecule is C=CC(=O)N(C)C1CCN(CC)CC1C. The van der Waals surface area contributed by atoms with Crippen molar-refractivity contribution in [3.05, 3.63) is 12.7 Å². The van der Waals surface area contributed by atoms with Crippen molar-refractivity contribution in [1.82, 2.24) is 9.80 Å². The van der Waals surface area contributed by atoms with Crippen LogP contribution in [0.2, 0.25) is 0 Å². The third-order valence-corrected chi connectivity index (χ3v) is 3.41. The van der Waals surface area contributed by atoms with Crippen molar-refractivity contribution >= 4 is 5.91 Å². The Kier molecular flexibility index (Phi) is 4.33. The molecule has 0 bridgehead atoms. The second-order valence-corrected chi connectivity index (χ2v) is 4.38. The molecule has 1 aliphatic rings. The first-order valence-electron chi connectivity index (χ1n) is 5.71. The van der Waals surface area contributed by atoms with Gasteiger partial charge in [0.25, 0.3) is 0 Å². The van der Waals surface area contributed by atoms with Gasteiger partial charge in [-0.15, -0.1) is 0 Å². The van der Waals surface area contributed by atoms with Gasteiger partial charge in [-0.25, -0.2) is 0 Å². The Bertz CT molecular complexity index is 240. The number of nitrogens with zero attached hydrogens (tertiary/aromatic N) is 2. The largest absolute Gasteiger partial charge is 0.339 e. The summed E-state index contributed by atoms with van der Waals surface area (Å²) in [6.07, 6.45) is 2.48. The average Bonchev–Trinajstić information content (AvgIpc) is 2.26. The van der Waals surface area contributed by atoms with Crippen LogP contribution in [0.25, 0.3) is 0 Å². The second-order valence-electron chi connectivity index (χ2n) is 4.38. The van der Waals surface area contributed by atoms with Crippen molar-refractivity contribution in [2.45, 2.75) is 26.3 Å². The molecule has 0 aromatic heterocycles. The lowest BCUT2D eigenvalue weighted by Gasteiger charge is -2.40. The molecule has 3 heteroatoms. The molecule has 1 rings (SSSR count). The lowest BCUT2D eigenvalue weighted by molar-refractivity contribution is -0.128. The summed E-state index contributed by atoms with van der Waals surface area (Å²) in [5, 5.41) is 0. The van der Waals surface area contributed by atoms with E-state index in [1.165, 1.54) is 6.08 Å². The molecule has 2 unspecified atom stereocenters. The summed E-state index contributed by atoms with van der Waals surface area (Å²) in [5.74, 6) is 0.587. The Morgan fingerprint density at radius 2 is 2.33 bits per heavy atom. The van der Waals surface area contributed by atoms with E-state index < -0.39 is 0 Å². The first kappa shape index (κ1) is 12.2. The highest BCUT2D eigenvalue weighted by Crippen LogP contribution is 2.21. The van der Waals surface area contributed by atoms with Crippen molar-refractivity contribution in [2.75, 3.05) is 26.7 Å². The van der Waals surface area contributed by atoms with E-state index in [2.05, 4.69) is 25.3 Å². The van der Waals surface area contributed by atoms with Gasteiger partial charge >= 0.3 is 0 Å². The van der Waals surface area contributed by atoms with Crippen LogP contribution in [0.1, 0.15) is 20.3 Å². The van der Waals surface area contributed by atoms with Crippen LogP contribution in [0.5, 0.6) is 0 Å². The Morgan fingerprint density at radius 1 is 1.67 bits per heavy atom. The first-order chi connectivity index (χ1) is 7.10. The molecule has 1 fully saturated rings. The van der Waals surface area contributed by atoms with Gasteiger partial charge < -0.3 is 9.80 Å². The van der Waals surface area contributed by atoms with E-state index in [1.54, 1.807) is 0 Å². The van der Waals surface area contributed by atoms with Gasteiger partial charge in [-0.05, 0) is 25.0 Å². The topological polar surface area (TPSA) is 23.6 Å². The average molecular weight is 210 g/mol. The van der Waals surface area contributed by atoms with Crippen LogP contribution in [0.3, 0.4) is 0 Å². The Morgan fingerprint density at radius 3 is 2.80 bits per heavy atom. The molecule has 3 nitrogen and oxygen atoms in total. The number of amides is 1. The maximum atomic E-state index is 11.5. The van der Waals surface area contributed by atoms with Crippen LogP contribution in [-0.2, 0) is 4.79 Å². The van der Waals surface area contributed by atoms with Gasteiger partial charge in [0.15, 0.2) is 0 Å². The minimum atomic E-state index is 0.0387. The number of carbonyl (C=O) groups excluding carboxylic acids is 1. The molecule has 0 spiro atoms. The molecular weight excluding hydrogens is 188 g/mol. The Hall–Kier alpha value is -0.830.